The van der Waals surface area contributed by atoms with E-state index in [4.69, 9.17) is 9.63 Å². The zero-order valence-electron chi connectivity index (χ0n) is 8.67. The highest BCUT2D eigenvalue weighted by Crippen LogP contribution is 2.13. The average Bonchev–Trinajstić information content (AvgIpc) is 2.63. The molecule has 2 N–H and O–H groups in total. The molecule has 1 amide bonds. The number of aryl methyl sites for hydroxylation is 1. The van der Waals surface area contributed by atoms with E-state index in [0.717, 1.165) is 11.5 Å². The predicted octanol–water partition coefficient (Wildman–Crippen LogP) is 0.415. The van der Waals surface area contributed by atoms with Crippen LogP contribution in [0.2, 0.25) is 0 Å². The van der Waals surface area contributed by atoms with Gasteiger partial charge in [-0.25, -0.2) is 4.79 Å². The molecule has 0 fully saturated rings. The van der Waals surface area contributed by atoms with Gasteiger partial charge in [-0.05, 0) is 6.92 Å². The highest BCUT2D eigenvalue weighted by atomic mass is 32.2. The molecule has 1 heterocycles. The zero-order chi connectivity index (χ0) is 12.0. The Balaban J connectivity index is 2.33. The van der Waals surface area contributed by atoms with Crippen LogP contribution >= 0.6 is 11.8 Å². The summed E-state index contributed by atoms with van der Waals surface area (Å²) in [7, 11) is 0. The highest BCUT2D eigenvalue weighted by molar-refractivity contribution is 7.98. The van der Waals surface area contributed by atoms with Crippen molar-refractivity contribution in [3.63, 3.8) is 0 Å². The van der Waals surface area contributed by atoms with Gasteiger partial charge in [0.05, 0.1) is 5.69 Å². The summed E-state index contributed by atoms with van der Waals surface area (Å²) in [6.45, 7) is 1.79. The fraction of sp³-hybridized carbons (Fsp3) is 0.444. The molecule has 1 unspecified atom stereocenters. The van der Waals surface area contributed by atoms with Gasteiger partial charge >= 0.3 is 5.97 Å². The number of nitrogens with one attached hydrogen (secondary N) is 1. The third-order valence-electron chi connectivity index (χ3n) is 1.78. The lowest BCUT2D eigenvalue weighted by Crippen LogP contribution is -2.37. The number of carbonyl (C=O) groups excluding carboxylic acids is 1. The van der Waals surface area contributed by atoms with Crippen molar-refractivity contribution in [2.24, 2.45) is 0 Å². The molecule has 0 saturated carbocycles. The summed E-state index contributed by atoms with van der Waals surface area (Å²) >= 11 is 1.37. The summed E-state index contributed by atoms with van der Waals surface area (Å²) in [5, 5.41) is 14.7. The van der Waals surface area contributed by atoms with Crippen molar-refractivity contribution in [1.29, 1.82) is 0 Å². The van der Waals surface area contributed by atoms with Crippen LogP contribution in [0.1, 0.15) is 11.5 Å². The van der Waals surface area contributed by atoms with Gasteiger partial charge < -0.3 is 14.9 Å². The molecular formula is C9H12N2O4S. The molecule has 0 spiro atoms. The minimum atomic E-state index is -1.05. The van der Waals surface area contributed by atoms with Gasteiger partial charge in [-0.1, -0.05) is 5.16 Å². The molecule has 0 aliphatic heterocycles. The number of thioether (sulfide) groups is 1. The van der Waals surface area contributed by atoms with E-state index in [0.29, 0.717) is 17.9 Å². The van der Waals surface area contributed by atoms with E-state index in [1.54, 1.807) is 13.0 Å². The second-order valence-corrected chi connectivity index (χ2v) is 4.15. The number of rotatable bonds is 7. The van der Waals surface area contributed by atoms with Crippen molar-refractivity contribution in [3.05, 3.63) is 17.5 Å². The molecular weight excluding hydrogens is 232 g/mol. The minimum absolute atomic E-state index is 0.292. The summed E-state index contributed by atoms with van der Waals surface area (Å²) in [5.41, 5.74) is 0.762. The molecule has 16 heavy (non-hydrogen) atoms. The molecule has 0 aliphatic rings. The van der Waals surface area contributed by atoms with Crippen molar-refractivity contribution in [3.8, 4) is 0 Å². The number of carboxylic acids is 1. The maximum absolute atomic E-state index is 10.7. The fourth-order valence-electron chi connectivity index (χ4n) is 1.04. The normalized spacial score (nSPS) is 12.1. The number of aliphatic carboxylic acids is 1. The van der Waals surface area contributed by atoms with Crippen molar-refractivity contribution in [2.45, 2.75) is 18.7 Å². The van der Waals surface area contributed by atoms with Crippen molar-refractivity contribution in [1.82, 2.24) is 10.5 Å². The minimum Gasteiger partial charge on any atom is -0.480 e. The predicted molar refractivity (Wildman–Crippen MR) is 58.0 cm³/mol. The number of nitrogens with zero attached hydrogens (tertiary/aromatic N) is 1. The Hall–Kier alpha value is -1.50. The van der Waals surface area contributed by atoms with E-state index in [2.05, 4.69) is 10.5 Å². The van der Waals surface area contributed by atoms with Crippen LogP contribution < -0.4 is 5.32 Å². The quantitative estimate of drug-likeness (QED) is 0.675. The zero-order valence-corrected chi connectivity index (χ0v) is 9.49. The smallest absolute Gasteiger partial charge is 0.327 e. The van der Waals surface area contributed by atoms with Crippen molar-refractivity contribution < 1.29 is 19.2 Å². The first-order valence-electron chi connectivity index (χ1n) is 4.56. The lowest BCUT2D eigenvalue weighted by molar-refractivity contribution is -0.139. The molecule has 0 bridgehead atoms. The van der Waals surface area contributed by atoms with Crippen LogP contribution in [-0.4, -0.2) is 34.4 Å². The van der Waals surface area contributed by atoms with Gasteiger partial charge in [0, 0.05) is 17.6 Å². The monoisotopic (exact) mass is 244 g/mol. The molecule has 0 saturated heterocycles. The third-order valence-corrected chi connectivity index (χ3v) is 2.85. The SMILES string of the molecule is Cc1cc(CSCC(NC=O)C(=O)O)no1. The first-order valence-corrected chi connectivity index (χ1v) is 5.71. The molecule has 0 radical (unpaired) electrons. The number of hydrogen-bond acceptors (Lipinski definition) is 5. The van der Waals surface area contributed by atoms with Crippen LogP contribution in [0.15, 0.2) is 10.6 Å². The van der Waals surface area contributed by atoms with Crippen molar-refractivity contribution in [2.75, 3.05) is 5.75 Å². The first kappa shape index (κ1) is 12.6. The Labute approximate surface area is 96.4 Å². The van der Waals surface area contributed by atoms with E-state index in [1.807, 2.05) is 0 Å². The van der Waals surface area contributed by atoms with Gasteiger partial charge in [0.2, 0.25) is 6.41 Å². The number of amides is 1. The van der Waals surface area contributed by atoms with E-state index in [9.17, 15) is 9.59 Å². The summed E-state index contributed by atoms with van der Waals surface area (Å²) in [6.07, 6.45) is 0.388. The van der Waals surface area contributed by atoms with Crippen LogP contribution in [0.25, 0.3) is 0 Å². The molecule has 1 atom stereocenters. The fourth-order valence-corrected chi connectivity index (χ4v) is 1.98. The average molecular weight is 244 g/mol. The number of carbonyl (C=O) groups is 2. The topological polar surface area (TPSA) is 92.4 Å². The van der Waals surface area contributed by atoms with E-state index >= 15 is 0 Å². The second-order valence-electron chi connectivity index (χ2n) is 3.12. The van der Waals surface area contributed by atoms with Gasteiger partial charge in [-0.3, -0.25) is 4.79 Å². The van der Waals surface area contributed by atoms with Gasteiger partial charge in [0.15, 0.2) is 0 Å². The third kappa shape index (κ3) is 3.93. The molecule has 1 rings (SSSR count). The van der Waals surface area contributed by atoms with Gasteiger partial charge in [-0.2, -0.15) is 11.8 Å². The largest absolute Gasteiger partial charge is 0.480 e. The van der Waals surface area contributed by atoms with E-state index < -0.39 is 12.0 Å². The molecule has 1 aromatic rings. The van der Waals surface area contributed by atoms with E-state index in [1.165, 1.54) is 11.8 Å². The first-order chi connectivity index (χ1) is 7.63. The van der Waals surface area contributed by atoms with E-state index in [-0.39, 0.29) is 0 Å². The Morgan fingerprint density at radius 1 is 1.81 bits per heavy atom. The maximum atomic E-state index is 10.7. The Morgan fingerprint density at radius 3 is 3.06 bits per heavy atom. The molecule has 0 aromatic carbocycles. The van der Waals surface area contributed by atoms with Crippen LogP contribution in [-0.2, 0) is 15.3 Å². The van der Waals surface area contributed by atoms with Crippen LogP contribution in [0, 0.1) is 6.92 Å². The lowest BCUT2D eigenvalue weighted by Gasteiger charge is -2.09. The molecule has 7 heteroatoms. The van der Waals surface area contributed by atoms with Crippen LogP contribution in [0.3, 0.4) is 0 Å². The van der Waals surface area contributed by atoms with Crippen molar-refractivity contribution >= 4 is 24.1 Å². The Bertz CT molecular complexity index is 366. The van der Waals surface area contributed by atoms with Crippen LogP contribution in [0.4, 0.5) is 0 Å². The summed E-state index contributed by atoms with van der Waals surface area (Å²) in [5.74, 6) is 0.522. The molecule has 1 aromatic heterocycles. The highest BCUT2D eigenvalue weighted by Gasteiger charge is 2.16. The van der Waals surface area contributed by atoms with Gasteiger partial charge in [-0.15, -0.1) is 0 Å². The number of hydrogen-bond donors (Lipinski definition) is 2. The summed E-state index contributed by atoms with van der Waals surface area (Å²) in [6, 6.07) is 0.922. The van der Waals surface area contributed by atoms with Crippen LogP contribution in [0.5, 0.6) is 0 Å². The number of aromatic nitrogens is 1. The number of carboxylic acid groups (broad SMARTS) is 1. The van der Waals surface area contributed by atoms with Gasteiger partial charge in [0.1, 0.15) is 11.8 Å². The molecule has 0 aliphatic carbocycles. The Kier molecular flexibility index (Phi) is 4.84. The molecule has 6 nitrogen and oxygen atoms in total. The molecule has 88 valence electrons. The Morgan fingerprint density at radius 2 is 2.56 bits per heavy atom. The second kappa shape index (κ2) is 6.16. The lowest BCUT2D eigenvalue weighted by atomic mass is 10.3. The summed E-state index contributed by atoms with van der Waals surface area (Å²) in [4.78, 5) is 20.8. The van der Waals surface area contributed by atoms with Gasteiger partial charge in [0.25, 0.3) is 0 Å². The standard InChI is InChI=1S/C9H12N2O4S/c1-6-2-7(11-15-6)3-16-4-8(9(13)14)10-5-12/h2,5,8H,3-4H2,1H3,(H,10,12)(H,13,14). The maximum Gasteiger partial charge on any atom is 0.327 e. The summed E-state index contributed by atoms with van der Waals surface area (Å²) < 4.78 is 4.87.